The van der Waals surface area contributed by atoms with Crippen LogP contribution >= 0.6 is 22.6 Å². The van der Waals surface area contributed by atoms with Crippen molar-refractivity contribution < 1.29 is 13.7 Å². The Morgan fingerprint density at radius 3 is 2.58 bits per heavy atom. The van der Waals surface area contributed by atoms with Crippen molar-refractivity contribution in [1.29, 1.82) is 0 Å². The van der Waals surface area contributed by atoms with Crippen LogP contribution in [0.2, 0.25) is 0 Å². The van der Waals surface area contributed by atoms with Gasteiger partial charge >= 0.3 is 0 Å². The normalized spacial score (nSPS) is 12.0. The molecular formula is C19H17FIN3O2. The minimum atomic E-state index is -0.299. The Kier molecular flexibility index (Phi) is 5.97. The molecular weight excluding hydrogens is 448 g/mol. The van der Waals surface area contributed by atoms with Gasteiger partial charge in [0.05, 0.1) is 6.04 Å². The minimum absolute atomic E-state index is 0.129. The second kappa shape index (κ2) is 8.39. The van der Waals surface area contributed by atoms with Gasteiger partial charge in [0, 0.05) is 22.0 Å². The van der Waals surface area contributed by atoms with Crippen LogP contribution in [0.5, 0.6) is 0 Å². The number of nitrogens with one attached hydrogen (secondary N) is 1. The second-order valence-electron chi connectivity index (χ2n) is 5.86. The molecule has 0 aliphatic rings. The van der Waals surface area contributed by atoms with Crippen molar-refractivity contribution in [3.05, 3.63) is 69.4 Å². The van der Waals surface area contributed by atoms with Crippen molar-refractivity contribution in [3.63, 3.8) is 0 Å². The molecule has 0 radical (unpaired) electrons. The van der Waals surface area contributed by atoms with Crippen molar-refractivity contribution in [3.8, 4) is 11.4 Å². The Morgan fingerprint density at radius 2 is 1.88 bits per heavy atom. The Bertz CT molecular complexity index is 879. The zero-order chi connectivity index (χ0) is 18.5. The first-order valence-corrected chi connectivity index (χ1v) is 9.22. The topological polar surface area (TPSA) is 68.0 Å². The molecule has 3 rings (SSSR count). The lowest BCUT2D eigenvalue weighted by molar-refractivity contribution is -0.121. The summed E-state index contributed by atoms with van der Waals surface area (Å²) in [5.41, 5.74) is 1.72. The average molecular weight is 465 g/mol. The Balaban J connectivity index is 1.53. The molecule has 26 heavy (non-hydrogen) atoms. The lowest BCUT2D eigenvalue weighted by Crippen LogP contribution is -2.26. The van der Waals surface area contributed by atoms with Gasteiger partial charge in [0.2, 0.25) is 17.6 Å². The van der Waals surface area contributed by atoms with Gasteiger partial charge in [0.25, 0.3) is 0 Å². The Labute approximate surface area is 164 Å². The van der Waals surface area contributed by atoms with Crippen LogP contribution in [0, 0.1) is 9.39 Å². The molecule has 0 aliphatic heterocycles. The maximum Gasteiger partial charge on any atom is 0.227 e. The van der Waals surface area contributed by atoms with E-state index in [9.17, 15) is 9.18 Å². The lowest BCUT2D eigenvalue weighted by Gasteiger charge is -2.13. The first kappa shape index (κ1) is 18.5. The van der Waals surface area contributed by atoms with Crippen LogP contribution in [-0.2, 0) is 11.2 Å². The van der Waals surface area contributed by atoms with Crippen molar-refractivity contribution in [2.24, 2.45) is 0 Å². The predicted octanol–water partition coefficient (Wildman–Crippen LogP) is 4.29. The van der Waals surface area contributed by atoms with Crippen molar-refractivity contribution in [1.82, 2.24) is 15.5 Å². The van der Waals surface area contributed by atoms with E-state index in [-0.39, 0.29) is 24.2 Å². The lowest BCUT2D eigenvalue weighted by atomic mass is 10.1. The summed E-state index contributed by atoms with van der Waals surface area (Å²) in [6.45, 7) is 1.85. The number of carbonyl (C=O) groups is 1. The number of rotatable bonds is 6. The zero-order valence-electron chi connectivity index (χ0n) is 14.1. The van der Waals surface area contributed by atoms with Gasteiger partial charge in [-0.05, 0) is 59.3 Å². The highest BCUT2D eigenvalue weighted by molar-refractivity contribution is 14.1. The molecule has 1 N–H and O–H groups in total. The van der Waals surface area contributed by atoms with Crippen LogP contribution in [0.15, 0.2) is 53.1 Å². The third kappa shape index (κ3) is 4.87. The first-order chi connectivity index (χ1) is 12.5. The number of amides is 1. The van der Waals surface area contributed by atoms with Crippen LogP contribution in [0.25, 0.3) is 11.4 Å². The number of benzene rings is 2. The molecule has 1 heterocycles. The fraction of sp³-hybridized carbons (Fsp3) is 0.211. The fourth-order valence-corrected chi connectivity index (χ4v) is 2.80. The van der Waals surface area contributed by atoms with E-state index in [1.54, 1.807) is 12.1 Å². The number of aryl methyl sites for hydroxylation is 1. The highest BCUT2D eigenvalue weighted by Gasteiger charge is 2.13. The standard InChI is InChI=1S/C19H17FIN3O2/c1-12(13-2-6-15(20)7-3-13)22-17(25)10-11-18-23-19(24-26-18)14-4-8-16(21)9-5-14/h2-9,12H,10-11H2,1H3,(H,22,25). The van der Waals surface area contributed by atoms with Crippen LogP contribution in [0.1, 0.15) is 30.8 Å². The average Bonchev–Trinajstić information content (AvgIpc) is 3.10. The van der Waals surface area contributed by atoms with E-state index < -0.39 is 0 Å². The molecule has 0 fully saturated rings. The molecule has 3 aromatic rings. The summed E-state index contributed by atoms with van der Waals surface area (Å²) in [5, 5.41) is 6.83. The van der Waals surface area contributed by atoms with Gasteiger partial charge in [0.1, 0.15) is 5.82 Å². The molecule has 5 nitrogen and oxygen atoms in total. The Hall–Kier alpha value is -2.29. The summed E-state index contributed by atoms with van der Waals surface area (Å²) in [5.74, 6) is 0.503. The van der Waals surface area contributed by atoms with Gasteiger partial charge in [-0.15, -0.1) is 0 Å². The molecule has 7 heteroatoms. The monoisotopic (exact) mass is 465 g/mol. The molecule has 0 bridgehead atoms. The predicted molar refractivity (Wildman–Crippen MR) is 104 cm³/mol. The van der Waals surface area contributed by atoms with Gasteiger partial charge in [0.15, 0.2) is 0 Å². The Morgan fingerprint density at radius 1 is 1.19 bits per heavy atom. The van der Waals surface area contributed by atoms with Gasteiger partial charge in [-0.1, -0.05) is 29.4 Å². The summed E-state index contributed by atoms with van der Waals surface area (Å²) in [4.78, 5) is 16.4. The fourth-order valence-electron chi connectivity index (χ4n) is 2.44. The van der Waals surface area contributed by atoms with E-state index in [4.69, 9.17) is 4.52 Å². The van der Waals surface area contributed by atoms with E-state index in [0.717, 1.165) is 14.7 Å². The maximum atomic E-state index is 13.0. The number of carbonyl (C=O) groups excluding carboxylic acids is 1. The van der Waals surface area contributed by atoms with Gasteiger partial charge in [-0.25, -0.2) is 4.39 Å². The van der Waals surface area contributed by atoms with Crippen molar-refractivity contribution in [2.75, 3.05) is 0 Å². The summed E-state index contributed by atoms with van der Waals surface area (Å²) < 4.78 is 19.3. The van der Waals surface area contributed by atoms with Crippen molar-refractivity contribution in [2.45, 2.75) is 25.8 Å². The number of hydrogen-bond acceptors (Lipinski definition) is 4. The number of nitrogens with zero attached hydrogens (tertiary/aromatic N) is 2. The molecule has 1 aromatic heterocycles. The van der Waals surface area contributed by atoms with E-state index >= 15 is 0 Å². The van der Waals surface area contributed by atoms with Crippen LogP contribution < -0.4 is 5.32 Å². The van der Waals surface area contributed by atoms with Gasteiger partial charge < -0.3 is 9.84 Å². The highest BCUT2D eigenvalue weighted by Crippen LogP contribution is 2.18. The first-order valence-electron chi connectivity index (χ1n) is 8.14. The van der Waals surface area contributed by atoms with E-state index in [0.29, 0.717) is 18.1 Å². The molecule has 134 valence electrons. The molecule has 0 saturated carbocycles. The molecule has 1 unspecified atom stereocenters. The van der Waals surface area contributed by atoms with E-state index in [1.165, 1.54) is 12.1 Å². The summed E-state index contributed by atoms with van der Waals surface area (Å²) >= 11 is 2.23. The molecule has 0 spiro atoms. The molecule has 2 aromatic carbocycles. The largest absolute Gasteiger partial charge is 0.350 e. The second-order valence-corrected chi connectivity index (χ2v) is 7.11. The van der Waals surface area contributed by atoms with Crippen LogP contribution in [0.4, 0.5) is 4.39 Å². The van der Waals surface area contributed by atoms with Crippen LogP contribution in [0.3, 0.4) is 0 Å². The molecule has 1 atom stereocenters. The van der Waals surface area contributed by atoms with Crippen molar-refractivity contribution >= 4 is 28.5 Å². The van der Waals surface area contributed by atoms with E-state index in [2.05, 4.69) is 38.0 Å². The van der Waals surface area contributed by atoms with Crippen LogP contribution in [-0.4, -0.2) is 16.0 Å². The summed E-state index contributed by atoms with van der Waals surface area (Å²) in [6.07, 6.45) is 0.596. The van der Waals surface area contributed by atoms with E-state index in [1.807, 2.05) is 31.2 Å². The molecule has 0 saturated heterocycles. The quantitative estimate of drug-likeness (QED) is 0.552. The SMILES string of the molecule is CC(NC(=O)CCc1nc(-c2ccc(I)cc2)no1)c1ccc(F)cc1. The number of halogens is 2. The third-order valence-electron chi connectivity index (χ3n) is 3.88. The minimum Gasteiger partial charge on any atom is -0.350 e. The number of hydrogen-bond donors (Lipinski definition) is 1. The van der Waals surface area contributed by atoms with Gasteiger partial charge in [-0.2, -0.15) is 4.98 Å². The number of aromatic nitrogens is 2. The maximum absolute atomic E-state index is 13.0. The molecule has 0 aliphatic carbocycles. The third-order valence-corrected chi connectivity index (χ3v) is 4.60. The smallest absolute Gasteiger partial charge is 0.227 e. The zero-order valence-corrected chi connectivity index (χ0v) is 16.2. The molecule has 1 amide bonds. The highest BCUT2D eigenvalue weighted by atomic mass is 127. The summed E-state index contributed by atoms with van der Waals surface area (Å²) in [7, 11) is 0. The summed E-state index contributed by atoms with van der Waals surface area (Å²) in [6, 6.07) is 13.7. The van der Waals surface area contributed by atoms with Gasteiger partial charge in [-0.3, -0.25) is 4.79 Å².